The fourth-order valence-corrected chi connectivity index (χ4v) is 2.96. The van der Waals surface area contributed by atoms with E-state index in [0.29, 0.717) is 18.3 Å². The van der Waals surface area contributed by atoms with Crippen molar-refractivity contribution in [2.45, 2.75) is 25.3 Å². The molecule has 0 aliphatic heterocycles. The van der Waals surface area contributed by atoms with Crippen LogP contribution >= 0.6 is 11.3 Å². The molecule has 26 heavy (non-hydrogen) atoms. The smallest absolute Gasteiger partial charge is 0.258 e. The number of ether oxygens (including phenoxy) is 1. The van der Waals surface area contributed by atoms with E-state index in [9.17, 15) is 9.59 Å². The summed E-state index contributed by atoms with van der Waals surface area (Å²) in [6, 6.07) is 9.90. The number of benzene rings is 1. The third-order valence-electron chi connectivity index (χ3n) is 3.92. The molecule has 0 radical (unpaired) electrons. The van der Waals surface area contributed by atoms with Gasteiger partial charge in [0.25, 0.3) is 5.91 Å². The lowest BCUT2D eigenvalue weighted by Gasteiger charge is -2.08. The summed E-state index contributed by atoms with van der Waals surface area (Å²) in [5.74, 6) is 0.495. The van der Waals surface area contributed by atoms with Crippen molar-refractivity contribution in [3.8, 4) is 5.75 Å². The molecule has 1 aromatic heterocycles. The van der Waals surface area contributed by atoms with Gasteiger partial charge >= 0.3 is 0 Å². The number of thiophene rings is 1. The first-order chi connectivity index (χ1) is 12.7. The summed E-state index contributed by atoms with van der Waals surface area (Å²) in [5.41, 5.74) is 2.13. The van der Waals surface area contributed by atoms with Crippen LogP contribution in [0.3, 0.4) is 0 Å². The van der Waals surface area contributed by atoms with Crippen LogP contribution in [0, 0.1) is 0 Å². The summed E-state index contributed by atoms with van der Waals surface area (Å²) in [6.45, 7) is 0.610. The number of nitrogens with one attached hydrogen (secondary N) is 2. The van der Waals surface area contributed by atoms with Gasteiger partial charge in [-0.3, -0.25) is 9.59 Å². The first-order valence-corrected chi connectivity index (χ1v) is 9.62. The Labute approximate surface area is 157 Å². The van der Waals surface area contributed by atoms with E-state index in [1.165, 1.54) is 0 Å². The van der Waals surface area contributed by atoms with Gasteiger partial charge in [-0.25, -0.2) is 0 Å². The monoisotopic (exact) mass is 370 g/mol. The summed E-state index contributed by atoms with van der Waals surface area (Å²) in [5, 5.41) is 9.72. The summed E-state index contributed by atoms with van der Waals surface area (Å²) in [7, 11) is 0. The van der Waals surface area contributed by atoms with Gasteiger partial charge in [0, 0.05) is 18.7 Å². The zero-order valence-electron chi connectivity index (χ0n) is 14.4. The molecule has 0 atom stereocenters. The third kappa shape index (κ3) is 6.37. The molecule has 2 N–H and O–H groups in total. The highest BCUT2D eigenvalue weighted by molar-refractivity contribution is 7.08. The molecule has 0 unspecified atom stereocenters. The van der Waals surface area contributed by atoms with Crippen molar-refractivity contribution in [2.75, 3.05) is 13.2 Å². The van der Waals surface area contributed by atoms with Gasteiger partial charge in [-0.15, -0.1) is 0 Å². The molecule has 1 heterocycles. The van der Waals surface area contributed by atoms with Crippen LogP contribution in [-0.2, 0) is 16.0 Å². The van der Waals surface area contributed by atoms with Crippen molar-refractivity contribution in [1.82, 2.24) is 10.6 Å². The molecular formula is C20H22N2O3S. The highest BCUT2D eigenvalue weighted by atomic mass is 32.1. The number of rotatable bonds is 9. The van der Waals surface area contributed by atoms with E-state index in [4.69, 9.17) is 4.74 Å². The molecule has 0 saturated heterocycles. The van der Waals surface area contributed by atoms with E-state index in [1.54, 1.807) is 23.5 Å². The molecule has 5 nitrogen and oxygen atoms in total. The lowest BCUT2D eigenvalue weighted by molar-refractivity contribution is -0.123. The van der Waals surface area contributed by atoms with E-state index in [0.717, 1.165) is 30.4 Å². The van der Waals surface area contributed by atoms with E-state index < -0.39 is 0 Å². The summed E-state index contributed by atoms with van der Waals surface area (Å²) < 4.78 is 5.47. The molecular weight excluding hydrogens is 348 g/mol. The Morgan fingerprint density at radius 3 is 2.69 bits per heavy atom. The number of carbonyl (C=O) groups excluding carboxylic acids is 2. The molecule has 0 spiro atoms. The largest absolute Gasteiger partial charge is 0.484 e. The lowest BCUT2D eigenvalue weighted by atomic mass is 10.1. The molecule has 1 aromatic carbocycles. The van der Waals surface area contributed by atoms with Crippen LogP contribution in [0.25, 0.3) is 6.08 Å². The van der Waals surface area contributed by atoms with Crippen molar-refractivity contribution in [3.05, 3.63) is 58.3 Å². The molecule has 0 bridgehead atoms. The van der Waals surface area contributed by atoms with Gasteiger partial charge in [0.05, 0.1) is 0 Å². The number of hydrogen-bond donors (Lipinski definition) is 2. The van der Waals surface area contributed by atoms with Crippen LogP contribution in [-0.4, -0.2) is 31.0 Å². The van der Waals surface area contributed by atoms with Crippen molar-refractivity contribution in [2.24, 2.45) is 0 Å². The Hall–Kier alpha value is -2.60. The van der Waals surface area contributed by atoms with E-state index in [-0.39, 0.29) is 18.4 Å². The third-order valence-corrected chi connectivity index (χ3v) is 4.62. The summed E-state index contributed by atoms with van der Waals surface area (Å²) in [4.78, 5) is 23.3. The minimum absolute atomic E-state index is 0.0440. The van der Waals surface area contributed by atoms with E-state index in [1.807, 2.05) is 41.1 Å². The second-order valence-corrected chi connectivity index (χ2v) is 6.99. The van der Waals surface area contributed by atoms with Gasteiger partial charge in [-0.1, -0.05) is 12.1 Å². The van der Waals surface area contributed by atoms with Crippen molar-refractivity contribution >= 4 is 29.2 Å². The molecule has 136 valence electrons. The van der Waals surface area contributed by atoms with Gasteiger partial charge in [0.15, 0.2) is 6.61 Å². The summed E-state index contributed by atoms with van der Waals surface area (Å²) >= 11 is 1.60. The van der Waals surface area contributed by atoms with Crippen molar-refractivity contribution in [1.29, 1.82) is 0 Å². The average molecular weight is 370 g/mol. The normalized spacial score (nSPS) is 13.5. The van der Waals surface area contributed by atoms with E-state index in [2.05, 4.69) is 10.6 Å². The highest BCUT2D eigenvalue weighted by Crippen LogP contribution is 2.18. The van der Waals surface area contributed by atoms with Crippen LogP contribution in [0.4, 0.5) is 0 Å². The summed E-state index contributed by atoms with van der Waals surface area (Å²) in [6.07, 6.45) is 6.23. The second-order valence-electron chi connectivity index (χ2n) is 6.21. The average Bonchev–Trinajstić information content (AvgIpc) is 3.30. The van der Waals surface area contributed by atoms with Crippen LogP contribution in [0.1, 0.15) is 24.0 Å². The zero-order valence-corrected chi connectivity index (χ0v) is 15.3. The highest BCUT2D eigenvalue weighted by Gasteiger charge is 2.23. The van der Waals surface area contributed by atoms with Gasteiger partial charge in [0.2, 0.25) is 5.91 Å². The Balaban J connectivity index is 1.34. The Morgan fingerprint density at radius 1 is 1.19 bits per heavy atom. The minimum Gasteiger partial charge on any atom is -0.484 e. The second kappa shape index (κ2) is 9.20. The number of carbonyl (C=O) groups is 2. The molecule has 6 heteroatoms. The SMILES string of the molecule is O=C(/C=C/c1ccsc1)NCCc1ccc(OCC(=O)NC2CC2)cc1. The molecule has 1 aliphatic rings. The predicted octanol–water partition coefficient (Wildman–Crippen LogP) is 2.78. The van der Waals surface area contributed by atoms with Gasteiger partial charge in [0.1, 0.15) is 5.75 Å². The fraction of sp³-hybridized carbons (Fsp3) is 0.300. The fourth-order valence-electron chi connectivity index (χ4n) is 2.33. The van der Waals surface area contributed by atoms with Crippen LogP contribution in [0.2, 0.25) is 0 Å². The van der Waals surface area contributed by atoms with Crippen molar-refractivity contribution < 1.29 is 14.3 Å². The van der Waals surface area contributed by atoms with Gasteiger partial charge in [-0.2, -0.15) is 11.3 Å². The first-order valence-electron chi connectivity index (χ1n) is 8.68. The van der Waals surface area contributed by atoms with Gasteiger partial charge < -0.3 is 15.4 Å². The molecule has 2 aromatic rings. The number of hydrogen-bond acceptors (Lipinski definition) is 4. The lowest BCUT2D eigenvalue weighted by Crippen LogP contribution is -2.30. The first kappa shape index (κ1) is 18.2. The Morgan fingerprint density at radius 2 is 2.00 bits per heavy atom. The number of amides is 2. The minimum atomic E-state index is -0.0992. The standard InChI is InChI=1S/C20H22N2O3S/c23-19(8-3-16-10-12-26-14-16)21-11-9-15-1-6-18(7-2-15)25-13-20(24)22-17-4-5-17/h1-3,6-8,10,12,14,17H,4-5,9,11,13H2,(H,21,23)(H,22,24)/b8-3+. The van der Waals surface area contributed by atoms with Crippen LogP contribution < -0.4 is 15.4 Å². The maximum absolute atomic E-state index is 11.8. The van der Waals surface area contributed by atoms with Crippen LogP contribution in [0.5, 0.6) is 5.75 Å². The Kier molecular flexibility index (Phi) is 6.44. The topological polar surface area (TPSA) is 67.4 Å². The molecule has 3 rings (SSSR count). The quantitative estimate of drug-likeness (QED) is 0.667. The van der Waals surface area contributed by atoms with Crippen molar-refractivity contribution in [3.63, 3.8) is 0 Å². The molecule has 1 fully saturated rings. The maximum atomic E-state index is 11.8. The van der Waals surface area contributed by atoms with Gasteiger partial charge in [-0.05, 0) is 65.4 Å². The Bertz CT molecular complexity index is 750. The maximum Gasteiger partial charge on any atom is 0.258 e. The molecule has 1 aliphatic carbocycles. The van der Waals surface area contributed by atoms with E-state index >= 15 is 0 Å². The van der Waals surface area contributed by atoms with Crippen LogP contribution in [0.15, 0.2) is 47.2 Å². The molecule has 1 saturated carbocycles. The molecule has 2 amide bonds. The predicted molar refractivity (Wildman–Crippen MR) is 103 cm³/mol. The zero-order chi connectivity index (χ0) is 18.2.